The maximum atomic E-state index is 12.9. The van der Waals surface area contributed by atoms with Gasteiger partial charge in [0.2, 0.25) is 5.91 Å². The van der Waals surface area contributed by atoms with Crippen molar-refractivity contribution in [1.82, 2.24) is 19.8 Å². The van der Waals surface area contributed by atoms with E-state index < -0.39 is 17.9 Å². The van der Waals surface area contributed by atoms with Crippen molar-refractivity contribution in [2.24, 2.45) is 0 Å². The van der Waals surface area contributed by atoms with Crippen molar-refractivity contribution in [2.45, 2.75) is 32.0 Å². The molecule has 1 unspecified atom stereocenters. The van der Waals surface area contributed by atoms with Gasteiger partial charge in [0.25, 0.3) is 0 Å². The van der Waals surface area contributed by atoms with Crippen molar-refractivity contribution in [3.63, 3.8) is 0 Å². The third kappa shape index (κ3) is 4.53. The van der Waals surface area contributed by atoms with E-state index in [1.54, 1.807) is 11.0 Å². The van der Waals surface area contributed by atoms with Gasteiger partial charge in [0.1, 0.15) is 5.69 Å². The lowest BCUT2D eigenvalue weighted by molar-refractivity contribution is -0.141. The molecule has 2 heterocycles. The van der Waals surface area contributed by atoms with Gasteiger partial charge < -0.3 is 9.80 Å². The van der Waals surface area contributed by atoms with Crippen molar-refractivity contribution in [1.29, 1.82) is 0 Å². The highest BCUT2D eigenvalue weighted by Crippen LogP contribution is 2.33. The van der Waals surface area contributed by atoms with E-state index in [0.717, 1.165) is 12.5 Å². The zero-order chi connectivity index (χ0) is 17.9. The van der Waals surface area contributed by atoms with Gasteiger partial charge in [-0.05, 0) is 39.9 Å². The summed E-state index contributed by atoms with van der Waals surface area (Å²) in [6.45, 7) is 2.61. The van der Waals surface area contributed by atoms with Crippen molar-refractivity contribution >= 4 is 5.91 Å². The number of likely N-dealkylation sites (tertiary alicyclic amines) is 1. The predicted octanol–water partition coefficient (Wildman–Crippen LogP) is 2.59. The largest absolute Gasteiger partial charge is 0.433 e. The zero-order valence-electron chi connectivity index (χ0n) is 14.0. The van der Waals surface area contributed by atoms with Crippen molar-refractivity contribution in [2.75, 3.05) is 27.2 Å². The molecule has 0 aromatic carbocycles. The molecule has 0 radical (unpaired) electrons. The maximum absolute atomic E-state index is 12.9. The van der Waals surface area contributed by atoms with Gasteiger partial charge in [-0.3, -0.25) is 4.79 Å². The highest BCUT2D eigenvalue weighted by Gasteiger charge is 2.36. The first-order valence-electron chi connectivity index (χ1n) is 7.73. The Morgan fingerprint density at radius 1 is 1.42 bits per heavy atom. The number of halogens is 3. The molecule has 1 fully saturated rings. The van der Waals surface area contributed by atoms with Gasteiger partial charge in [-0.2, -0.15) is 13.2 Å². The van der Waals surface area contributed by atoms with E-state index in [9.17, 15) is 18.0 Å². The van der Waals surface area contributed by atoms with Crippen LogP contribution in [0.1, 0.15) is 36.1 Å². The van der Waals surface area contributed by atoms with E-state index >= 15 is 0 Å². The molecule has 0 aliphatic carbocycles. The van der Waals surface area contributed by atoms with Crippen LogP contribution in [0.5, 0.6) is 0 Å². The molecule has 24 heavy (non-hydrogen) atoms. The number of amides is 1. The molecule has 5 nitrogen and oxygen atoms in total. The minimum absolute atomic E-state index is 0.0641. The molecule has 0 spiro atoms. The molecule has 0 N–H and O–H groups in total. The summed E-state index contributed by atoms with van der Waals surface area (Å²) >= 11 is 0. The molecule has 8 heteroatoms. The Bertz CT molecular complexity index is 628. The smallest absolute Gasteiger partial charge is 0.329 e. The number of rotatable bonds is 4. The Morgan fingerprint density at radius 3 is 2.75 bits per heavy atom. The molecule has 1 aromatic heterocycles. The fourth-order valence-electron chi connectivity index (χ4n) is 2.64. The molecular formula is C16H21F3N4O. The zero-order valence-corrected chi connectivity index (χ0v) is 14.0. The number of hydrogen-bond acceptors (Lipinski definition) is 4. The lowest BCUT2D eigenvalue weighted by atomic mass is 10.2. The number of aromatic nitrogens is 2. The number of alkyl halides is 3. The fourth-order valence-corrected chi connectivity index (χ4v) is 2.64. The molecule has 0 bridgehead atoms. The molecule has 1 aliphatic rings. The molecule has 0 saturated carbocycles. The van der Waals surface area contributed by atoms with E-state index in [4.69, 9.17) is 0 Å². The normalized spacial score (nSPS) is 18.8. The Labute approximate surface area is 139 Å². The third-order valence-electron chi connectivity index (χ3n) is 3.73. The number of carbonyl (C=O) groups excluding carboxylic acids is 1. The first-order chi connectivity index (χ1) is 11.2. The van der Waals surface area contributed by atoms with Crippen LogP contribution in [-0.4, -0.2) is 52.9 Å². The second kappa shape index (κ2) is 7.29. The van der Waals surface area contributed by atoms with Crippen molar-refractivity contribution in [3.8, 4) is 0 Å². The van der Waals surface area contributed by atoms with Crippen LogP contribution in [0, 0.1) is 6.92 Å². The summed E-state index contributed by atoms with van der Waals surface area (Å²) < 4.78 is 38.8. The summed E-state index contributed by atoms with van der Waals surface area (Å²) in [5.74, 6) is -0.160. The van der Waals surface area contributed by atoms with Gasteiger partial charge in [0.15, 0.2) is 5.82 Å². The Morgan fingerprint density at radius 2 is 2.12 bits per heavy atom. The number of nitrogens with zero attached hydrogens (tertiary/aromatic N) is 4. The molecular weight excluding hydrogens is 321 g/mol. The second-order valence-corrected chi connectivity index (χ2v) is 6.10. The predicted molar refractivity (Wildman–Crippen MR) is 83.2 cm³/mol. The van der Waals surface area contributed by atoms with Crippen LogP contribution in [-0.2, 0) is 11.0 Å². The standard InChI is InChI=1S/C16H21F3N4O/c1-11-10-13(16(17,18)19)21-15(20-11)12-6-4-9-23(12)14(24)7-5-8-22(2)3/h5,7,10,12H,4,6,8-9H2,1-3H3/b7-5+. The lowest BCUT2D eigenvalue weighted by Gasteiger charge is -2.23. The number of aryl methyl sites for hydroxylation is 1. The minimum Gasteiger partial charge on any atom is -0.329 e. The Balaban J connectivity index is 2.23. The van der Waals surface area contributed by atoms with Gasteiger partial charge in [-0.25, -0.2) is 9.97 Å². The SMILES string of the molecule is Cc1cc(C(F)(F)F)nc(C2CCCN2C(=O)/C=C/CN(C)C)n1. The molecule has 1 aliphatic heterocycles. The number of hydrogen-bond donors (Lipinski definition) is 0. The summed E-state index contributed by atoms with van der Waals surface area (Å²) in [5.41, 5.74) is -0.720. The Kier molecular flexibility index (Phi) is 5.58. The van der Waals surface area contributed by atoms with Gasteiger partial charge >= 0.3 is 6.18 Å². The van der Waals surface area contributed by atoms with E-state index in [1.807, 2.05) is 19.0 Å². The lowest BCUT2D eigenvalue weighted by Crippen LogP contribution is -2.30. The van der Waals surface area contributed by atoms with Crippen LogP contribution in [0.4, 0.5) is 13.2 Å². The monoisotopic (exact) mass is 342 g/mol. The van der Waals surface area contributed by atoms with Gasteiger partial charge in [-0.15, -0.1) is 0 Å². The molecule has 1 atom stereocenters. The highest BCUT2D eigenvalue weighted by atomic mass is 19.4. The average Bonchev–Trinajstić information content (AvgIpc) is 2.94. The van der Waals surface area contributed by atoms with Gasteiger partial charge in [0, 0.05) is 24.9 Å². The molecule has 1 aromatic rings. The molecule has 1 saturated heterocycles. The fraction of sp³-hybridized carbons (Fsp3) is 0.562. The first kappa shape index (κ1) is 18.4. The van der Waals surface area contributed by atoms with Gasteiger partial charge in [-0.1, -0.05) is 6.08 Å². The van der Waals surface area contributed by atoms with Crippen LogP contribution < -0.4 is 0 Å². The van der Waals surface area contributed by atoms with Crippen LogP contribution >= 0.6 is 0 Å². The van der Waals surface area contributed by atoms with Gasteiger partial charge in [0.05, 0.1) is 6.04 Å². The van der Waals surface area contributed by atoms with Crippen LogP contribution in [0.15, 0.2) is 18.2 Å². The summed E-state index contributed by atoms with van der Waals surface area (Å²) in [6, 6.07) is 0.407. The summed E-state index contributed by atoms with van der Waals surface area (Å²) in [6.07, 6.45) is -0.0547. The number of carbonyl (C=O) groups is 1. The quantitative estimate of drug-likeness (QED) is 0.789. The van der Waals surface area contributed by atoms with Crippen molar-refractivity contribution in [3.05, 3.63) is 35.4 Å². The topological polar surface area (TPSA) is 49.3 Å². The summed E-state index contributed by atoms with van der Waals surface area (Å²) in [5, 5.41) is 0. The molecule has 1 amide bonds. The van der Waals surface area contributed by atoms with Crippen LogP contribution in [0.3, 0.4) is 0 Å². The van der Waals surface area contributed by atoms with Crippen molar-refractivity contribution < 1.29 is 18.0 Å². The molecule has 2 rings (SSSR count). The second-order valence-electron chi connectivity index (χ2n) is 6.10. The van der Waals surface area contributed by atoms with E-state index in [-0.39, 0.29) is 17.4 Å². The van der Waals surface area contributed by atoms with Crippen LogP contribution in [0.2, 0.25) is 0 Å². The number of likely N-dealkylation sites (N-methyl/N-ethyl adjacent to an activating group) is 1. The first-order valence-corrected chi connectivity index (χ1v) is 7.73. The van der Waals surface area contributed by atoms with Crippen LogP contribution in [0.25, 0.3) is 0 Å². The minimum atomic E-state index is -4.53. The average molecular weight is 342 g/mol. The van der Waals surface area contributed by atoms with E-state index in [1.165, 1.54) is 13.0 Å². The maximum Gasteiger partial charge on any atom is 0.433 e. The summed E-state index contributed by atoms with van der Waals surface area (Å²) in [4.78, 5) is 23.6. The summed E-state index contributed by atoms with van der Waals surface area (Å²) in [7, 11) is 3.76. The van der Waals surface area contributed by atoms with E-state index in [2.05, 4.69) is 9.97 Å². The molecule has 132 valence electrons. The highest BCUT2D eigenvalue weighted by molar-refractivity contribution is 5.88. The Hall–Kier alpha value is -1.96. The van der Waals surface area contributed by atoms with E-state index in [0.29, 0.717) is 19.5 Å². The third-order valence-corrected chi connectivity index (χ3v) is 3.73.